The van der Waals surface area contributed by atoms with Crippen molar-refractivity contribution in [3.8, 4) is 0 Å². The minimum Gasteiger partial charge on any atom is -0.248 e. The van der Waals surface area contributed by atoms with Gasteiger partial charge in [0.1, 0.15) is 4.60 Å². The first-order valence-corrected chi connectivity index (χ1v) is 5.65. The van der Waals surface area contributed by atoms with E-state index >= 15 is 0 Å². The minimum atomic E-state index is -2.53. The normalized spacial score (nSPS) is 10.9. The van der Waals surface area contributed by atoms with Gasteiger partial charge in [-0.1, -0.05) is 0 Å². The molecule has 1 rings (SSSR count). The van der Waals surface area contributed by atoms with Gasteiger partial charge in [0.25, 0.3) is 6.43 Å². The molecule has 1 aromatic rings. The Bertz CT molecular complexity index is 322. The fourth-order valence-corrected chi connectivity index (χ4v) is 2.33. The Morgan fingerprint density at radius 3 is 2.69 bits per heavy atom. The number of hydrogen-bond acceptors (Lipinski definition) is 1. The van der Waals surface area contributed by atoms with E-state index in [0.717, 1.165) is 6.20 Å². The van der Waals surface area contributed by atoms with Gasteiger partial charge in [0.05, 0.1) is 3.57 Å². The molecule has 6 heteroatoms. The summed E-state index contributed by atoms with van der Waals surface area (Å²) in [6, 6.07) is 0. The lowest BCUT2D eigenvalue weighted by molar-refractivity contribution is 0.150. The van der Waals surface area contributed by atoms with Gasteiger partial charge in [-0.05, 0) is 44.1 Å². The standard InChI is InChI=1S/C7H4BrClF2IN/c8-6-5(12)3(1-9)4(2-13-6)7(10)11/h2,7H,1H2. The van der Waals surface area contributed by atoms with E-state index in [0.29, 0.717) is 13.7 Å². The van der Waals surface area contributed by atoms with Crippen LogP contribution in [0, 0.1) is 3.57 Å². The molecule has 0 spiro atoms. The van der Waals surface area contributed by atoms with Crippen LogP contribution in [0.15, 0.2) is 10.8 Å². The Morgan fingerprint density at radius 2 is 2.23 bits per heavy atom. The van der Waals surface area contributed by atoms with Gasteiger partial charge < -0.3 is 0 Å². The zero-order valence-electron chi connectivity index (χ0n) is 6.20. The fraction of sp³-hybridized carbons (Fsp3) is 0.286. The lowest BCUT2D eigenvalue weighted by atomic mass is 10.2. The summed E-state index contributed by atoms with van der Waals surface area (Å²) in [4.78, 5) is 3.78. The molecule has 0 aliphatic carbocycles. The summed E-state index contributed by atoms with van der Waals surface area (Å²) in [7, 11) is 0. The quantitative estimate of drug-likeness (QED) is 0.426. The van der Waals surface area contributed by atoms with Gasteiger partial charge in [0.15, 0.2) is 0 Å². The van der Waals surface area contributed by atoms with E-state index < -0.39 is 6.43 Å². The molecule has 0 fully saturated rings. The summed E-state index contributed by atoms with van der Waals surface area (Å²) in [5, 5.41) is 0. The average molecular weight is 382 g/mol. The van der Waals surface area contributed by atoms with E-state index in [4.69, 9.17) is 11.6 Å². The van der Waals surface area contributed by atoms with E-state index in [1.165, 1.54) is 0 Å². The van der Waals surface area contributed by atoms with E-state index in [1.807, 2.05) is 22.6 Å². The number of aromatic nitrogens is 1. The first-order chi connectivity index (χ1) is 6.07. The highest BCUT2D eigenvalue weighted by atomic mass is 127. The van der Waals surface area contributed by atoms with Crippen LogP contribution in [-0.4, -0.2) is 4.98 Å². The Labute approximate surface area is 101 Å². The smallest absolute Gasteiger partial charge is 0.248 e. The van der Waals surface area contributed by atoms with Gasteiger partial charge in [-0.2, -0.15) is 0 Å². The molecule has 0 bridgehead atoms. The van der Waals surface area contributed by atoms with Crippen LogP contribution in [0.3, 0.4) is 0 Å². The van der Waals surface area contributed by atoms with Crippen molar-refractivity contribution in [2.75, 3.05) is 0 Å². The number of pyridine rings is 1. The molecule has 0 unspecified atom stereocenters. The number of alkyl halides is 3. The van der Waals surface area contributed by atoms with Crippen LogP contribution in [0.2, 0.25) is 0 Å². The van der Waals surface area contributed by atoms with Crippen molar-refractivity contribution in [3.05, 3.63) is 25.5 Å². The van der Waals surface area contributed by atoms with E-state index in [1.54, 1.807) is 0 Å². The second-order valence-electron chi connectivity index (χ2n) is 2.23. The van der Waals surface area contributed by atoms with Gasteiger partial charge in [0.2, 0.25) is 0 Å². The van der Waals surface area contributed by atoms with Gasteiger partial charge in [0, 0.05) is 17.6 Å². The monoisotopic (exact) mass is 381 g/mol. The SMILES string of the molecule is FC(F)c1cnc(Br)c(I)c1CCl. The van der Waals surface area contributed by atoms with Crippen molar-refractivity contribution < 1.29 is 8.78 Å². The molecule has 72 valence electrons. The second-order valence-corrected chi connectivity index (χ2v) is 4.33. The van der Waals surface area contributed by atoms with Gasteiger partial charge in [-0.3, -0.25) is 0 Å². The molecule has 0 radical (unpaired) electrons. The first kappa shape index (κ1) is 11.6. The van der Waals surface area contributed by atoms with Gasteiger partial charge >= 0.3 is 0 Å². The molecular formula is C7H4BrClF2IN. The lowest BCUT2D eigenvalue weighted by Gasteiger charge is -2.08. The van der Waals surface area contributed by atoms with E-state index in [-0.39, 0.29) is 11.4 Å². The van der Waals surface area contributed by atoms with Crippen molar-refractivity contribution in [1.82, 2.24) is 4.98 Å². The van der Waals surface area contributed by atoms with Crippen molar-refractivity contribution in [2.45, 2.75) is 12.3 Å². The summed E-state index contributed by atoms with van der Waals surface area (Å²) < 4.78 is 26.0. The Morgan fingerprint density at radius 1 is 1.62 bits per heavy atom. The zero-order valence-corrected chi connectivity index (χ0v) is 10.7. The molecule has 0 aliphatic heterocycles. The second kappa shape index (κ2) is 4.84. The third-order valence-corrected chi connectivity index (χ3v) is 4.25. The minimum absolute atomic E-state index is 0.0685. The molecule has 0 N–H and O–H groups in total. The van der Waals surface area contributed by atoms with E-state index in [2.05, 4.69) is 20.9 Å². The molecule has 0 aliphatic rings. The predicted molar refractivity (Wildman–Crippen MR) is 59.2 cm³/mol. The highest BCUT2D eigenvalue weighted by Gasteiger charge is 2.17. The maximum absolute atomic E-state index is 12.4. The van der Waals surface area contributed by atoms with Crippen LogP contribution >= 0.6 is 50.1 Å². The van der Waals surface area contributed by atoms with Crippen molar-refractivity contribution >= 4 is 50.1 Å². The number of rotatable bonds is 2. The molecule has 0 saturated heterocycles. The Hall–Kier alpha value is 0.510. The summed E-state index contributed by atoms with van der Waals surface area (Å²) in [6.45, 7) is 0. The molecule has 0 atom stereocenters. The summed E-state index contributed by atoms with van der Waals surface area (Å²) >= 11 is 10.7. The van der Waals surface area contributed by atoms with Crippen molar-refractivity contribution in [1.29, 1.82) is 0 Å². The van der Waals surface area contributed by atoms with Gasteiger partial charge in [-0.15, -0.1) is 11.6 Å². The predicted octanol–water partition coefficient (Wildman–Crippen LogP) is 4.13. The highest BCUT2D eigenvalue weighted by Crippen LogP contribution is 2.30. The van der Waals surface area contributed by atoms with Crippen LogP contribution in [0.25, 0.3) is 0 Å². The molecule has 1 nitrogen and oxygen atoms in total. The fourth-order valence-electron chi connectivity index (χ4n) is 0.836. The topological polar surface area (TPSA) is 12.9 Å². The molecule has 1 heterocycles. The van der Waals surface area contributed by atoms with Crippen LogP contribution in [0.4, 0.5) is 8.78 Å². The Balaban J connectivity index is 3.30. The summed E-state index contributed by atoms with van der Waals surface area (Å²) in [5.74, 6) is 0.0685. The molecule has 0 aromatic carbocycles. The van der Waals surface area contributed by atoms with Crippen molar-refractivity contribution in [3.63, 3.8) is 0 Å². The average Bonchev–Trinajstić information content (AvgIpc) is 2.09. The molecular weight excluding hydrogens is 378 g/mol. The van der Waals surface area contributed by atoms with Gasteiger partial charge in [-0.25, -0.2) is 13.8 Å². The molecule has 0 amide bonds. The molecule has 0 saturated carbocycles. The van der Waals surface area contributed by atoms with E-state index in [9.17, 15) is 8.78 Å². The highest BCUT2D eigenvalue weighted by molar-refractivity contribution is 14.1. The number of hydrogen-bond donors (Lipinski definition) is 0. The summed E-state index contributed by atoms with van der Waals surface area (Å²) in [6.07, 6.45) is -1.38. The molecule has 13 heavy (non-hydrogen) atoms. The first-order valence-electron chi connectivity index (χ1n) is 3.24. The molecule has 1 aromatic heterocycles. The third-order valence-electron chi connectivity index (χ3n) is 1.48. The van der Waals surface area contributed by atoms with Crippen LogP contribution < -0.4 is 0 Å². The number of halogens is 5. The largest absolute Gasteiger partial charge is 0.265 e. The zero-order chi connectivity index (χ0) is 10.0. The number of nitrogens with zero attached hydrogens (tertiary/aromatic N) is 1. The van der Waals surface area contributed by atoms with Crippen LogP contribution in [-0.2, 0) is 5.88 Å². The van der Waals surface area contributed by atoms with Crippen LogP contribution in [0.5, 0.6) is 0 Å². The third kappa shape index (κ3) is 2.50. The Kier molecular flexibility index (Phi) is 4.31. The lowest BCUT2D eigenvalue weighted by Crippen LogP contribution is -1.98. The van der Waals surface area contributed by atoms with Crippen LogP contribution in [0.1, 0.15) is 17.6 Å². The van der Waals surface area contributed by atoms with Crippen molar-refractivity contribution in [2.24, 2.45) is 0 Å². The maximum atomic E-state index is 12.4. The maximum Gasteiger partial charge on any atom is 0.265 e. The summed E-state index contributed by atoms with van der Waals surface area (Å²) in [5.41, 5.74) is 0.349.